The van der Waals surface area contributed by atoms with Gasteiger partial charge < -0.3 is 19.5 Å². The number of ether oxygens (including phenoxy) is 3. The van der Waals surface area contributed by atoms with Gasteiger partial charge in [-0.1, -0.05) is 0 Å². The number of nitrogens with zero attached hydrogens (tertiary/aromatic N) is 3. The van der Waals surface area contributed by atoms with Crippen molar-refractivity contribution in [2.75, 3.05) is 46.0 Å². The summed E-state index contributed by atoms with van der Waals surface area (Å²) < 4.78 is 34.8. The van der Waals surface area contributed by atoms with Crippen molar-refractivity contribution in [2.45, 2.75) is 25.2 Å². The first-order valence-electron chi connectivity index (χ1n) is 11.9. The van der Waals surface area contributed by atoms with Crippen LogP contribution >= 0.6 is 0 Å². The van der Waals surface area contributed by atoms with Crippen LogP contribution in [0.2, 0.25) is 0 Å². The number of halogens is 1. The zero-order valence-corrected chi connectivity index (χ0v) is 19.2. The molecule has 3 aliphatic heterocycles. The van der Waals surface area contributed by atoms with E-state index >= 15 is 0 Å². The molecule has 184 valence electrons. The zero-order chi connectivity index (χ0) is 23.9. The average Bonchev–Trinajstić information content (AvgIpc) is 3.24. The lowest BCUT2D eigenvalue weighted by Gasteiger charge is -2.34. The second kappa shape index (κ2) is 9.10. The quantitative estimate of drug-likeness (QED) is 0.564. The number of hydrogen-bond acceptors (Lipinski definition) is 7. The van der Waals surface area contributed by atoms with Gasteiger partial charge in [0.25, 0.3) is 11.1 Å². The van der Waals surface area contributed by atoms with Crippen LogP contribution in [0.5, 0.6) is 11.5 Å². The highest BCUT2D eigenvalue weighted by atomic mass is 19.1. The van der Waals surface area contributed by atoms with E-state index in [9.17, 15) is 14.0 Å². The van der Waals surface area contributed by atoms with Crippen molar-refractivity contribution in [1.29, 1.82) is 0 Å². The summed E-state index contributed by atoms with van der Waals surface area (Å²) in [5, 5.41) is 4.18. The lowest BCUT2D eigenvalue weighted by atomic mass is 10.1. The highest BCUT2D eigenvalue weighted by molar-refractivity contribution is 5.76. The maximum Gasteiger partial charge on any atom is 0.252 e. The SMILES string of the molecule is O=c1ccc2ccc(=O)n3c2n1CC3CN1CCOC(CNCc2cc3c(cc2F)OCCO3)C1. The van der Waals surface area contributed by atoms with Crippen LogP contribution < -0.4 is 25.9 Å². The zero-order valence-electron chi connectivity index (χ0n) is 19.2. The third-order valence-electron chi connectivity index (χ3n) is 6.91. The first-order valence-corrected chi connectivity index (χ1v) is 11.9. The van der Waals surface area contributed by atoms with Gasteiger partial charge in [-0.2, -0.15) is 0 Å². The Hall–Kier alpha value is -3.21. The van der Waals surface area contributed by atoms with Gasteiger partial charge in [-0.15, -0.1) is 0 Å². The van der Waals surface area contributed by atoms with Gasteiger partial charge in [0, 0.05) is 68.4 Å². The number of rotatable bonds is 6. The molecule has 10 heteroatoms. The molecular weight excluding hydrogens is 455 g/mol. The Balaban J connectivity index is 1.09. The summed E-state index contributed by atoms with van der Waals surface area (Å²) in [4.78, 5) is 27.3. The van der Waals surface area contributed by atoms with Crippen LogP contribution in [0.25, 0.3) is 11.0 Å². The Bertz CT molecular complexity index is 1380. The predicted molar refractivity (Wildman–Crippen MR) is 127 cm³/mol. The molecule has 1 fully saturated rings. The van der Waals surface area contributed by atoms with Crippen molar-refractivity contribution >= 4 is 11.0 Å². The van der Waals surface area contributed by atoms with E-state index in [-0.39, 0.29) is 29.1 Å². The van der Waals surface area contributed by atoms with Crippen molar-refractivity contribution in [2.24, 2.45) is 0 Å². The lowest BCUT2D eigenvalue weighted by Crippen LogP contribution is -2.48. The van der Waals surface area contributed by atoms with Gasteiger partial charge in [-0.3, -0.25) is 23.6 Å². The molecule has 1 aromatic carbocycles. The molecule has 2 atom stereocenters. The summed E-state index contributed by atoms with van der Waals surface area (Å²) in [6.45, 7) is 4.93. The minimum absolute atomic E-state index is 0.0666. The highest BCUT2D eigenvalue weighted by Gasteiger charge is 2.30. The molecule has 0 spiro atoms. The predicted octanol–water partition coefficient (Wildman–Crippen LogP) is 1.12. The van der Waals surface area contributed by atoms with Crippen LogP contribution in [0.15, 0.2) is 46.0 Å². The lowest BCUT2D eigenvalue weighted by molar-refractivity contribution is -0.0311. The van der Waals surface area contributed by atoms with Crippen molar-refractivity contribution in [3.05, 3.63) is 68.5 Å². The van der Waals surface area contributed by atoms with E-state index in [1.54, 1.807) is 39.5 Å². The van der Waals surface area contributed by atoms with E-state index in [0.29, 0.717) is 75.3 Å². The molecular formula is C25H27FN4O5. The molecule has 1 N–H and O–H groups in total. The second-order valence-corrected chi connectivity index (χ2v) is 9.23. The molecule has 2 aromatic heterocycles. The van der Waals surface area contributed by atoms with Crippen molar-refractivity contribution < 1.29 is 18.6 Å². The molecule has 0 saturated carbocycles. The van der Waals surface area contributed by atoms with Crippen LogP contribution in [0.1, 0.15) is 11.6 Å². The summed E-state index contributed by atoms with van der Waals surface area (Å²) in [6, 6.07) is 9.61. The van der Waals surface area contributed by atoms with E-state index in [4.69, 9.17) is 14.2 Å². The minimum atomic E-state index is -0.330. The van der Waals surface area contributed by atoms with Crippen LogP contribution in [0, 0.1) is 5.82 Å². The molecule has 6 rings (SSSR count). The van der Waals surface area contributed by atoms with Gasteiger partial charge in [-0.05, 0) is 18.2 Å². The Morgan fingerprint density at radius 3 is 2.57 bits per heavy atom. The molecule has 35 heavy (non-hydrogen) atoms. The number of aromatic nitrogens is 2. The first-order chi connectivity index (χ1) is 17.1. The van der Waals surface area contributed by atoms with Crippen molar-refractivity contribution in [1.82, 2.24) is 19.4 Å². The largest absolute Gasteiger partial charge is 0.486 e. The topological polar surface area (TPSA) is 87.0 Å². The second-order valence-electron chi connectivity index (χ2n) is 9.23. The van der Waals surface area contributed by atoms with Gasteiger partial charge in [0.1, 0.15) is 24.7 Å². The van der Waals surface area contributed by atoms with Gasteiger partial charge in [-0.25, -0.2) is 4.39 Å². The molecule has 0 bridgehead atoms. The smallest absolute Gasteiger partial charge is 0.252 e. The van der Waals surface area contributed by atoms with Crippen LogP contribution in [0.3, 0.4) is 0 Å². The van der Waals surface area contributed by atoms with Crippen molar-refractivity contribution in [3.63, 3.8) is 0 Å². The molecule has 9 nitrogen and oxygen atoms in total. The van der Waals surface area contributed by atoms with E-state index in [1.165, 1.54) is 6.07 Å². The standard InChI is InChI=1S/C25H27FN4O5/c26-20-10-22-21(34-7-8-35-22)9-17(20)11-27-12-19-15-28(5-6-33-19)13-18-14-29-23(31)3-1-16-2-4-24(32)30(18)25(16)29/h1-4,9-10,18-19,27H,5-8,11-15H2. The fraction of sp³-hybridized carbons (Fsp3) is 0.440. The molecule has 3 aliphatic rings. The van der Waals surface area contributed by atoms with E-state index in [2.05, 4.69) is 10.2 Å². The number of morpholine rings is 1. The van der Waals surface area contributed by atoms with E-state index in [1.807, 2.05) is 0 Å². The third kappa shape index (κ3) is 4.22. The van der Waals surface area contributed by atoms with Crippen LogP contribution in [-0.4, -0.2) is 66.1 Å². The molecule has 5 heterocycles. The monoisotopic (exact) mass is 482 g/mol. The summed E-state index contributed by atoms with van der Waals surface area (Å²) in [7, 11) is 0. The first kappa shape index (κ1) is 22.3. The summed E-state index contributed by atoms with van der Waals surface area (Å²) >= 11 is 0. The number of pyridine rings is 2. The maximum absolute atomic E-state index is 14.4. The average molecular weight is 483 g/mol. The summed E-state index contributed by atoms with van der Waals surface area (Å²) in [5.41, 5.74) is 1.04. The van der Waals surface area contributed by atoms with Gasteiger partial charge >= 0.3 is 0 Å². The van der Waals surface area contributed by atoms with E-state index in [0.717, 1.165) is 11.9 Å². The number of hydrogen-bond donors (Lipinski definition) is 1. The Morgan fingerprint density at radius 2 is 1.74 bits per heavy atom. The molecule has 1 saturated heterocycles. The van der Waals surface area contributed by atoms with Gasteiger partial charge in [0.15, 0.2) is 11.5 Å². The minimum Gasteiger partial charge on any atom is -0.486 e. The summed E-state index contributed by atoms with van der Waals surface area (Å²) in [6.07, 6.45) is -0.0666. The molecule has 2 unspecified atom stereocenters. The fourth-order valence-electron chi connectivity index (χ4n) is 5.27. The summed E-state index contributed by atoms with van der Waals surface area (Å²) in [5.74, 6) is 0.676. The Labute approximate surface area is 200 Å². The maximum atomic E-state index is 14.4. The fourth-order valence-corrected chi connectivity index (χ4v) is 5.27. The normalized spacial score (nSPS) is 21.5. The molecule has 0 radical (unpaired) electrons. The van der Waals surface area contributed by atoms with E-state index < -0.39 is 0 Å². The number of benzene rings is 1. The van der Waals surface area contributed by atoms with Crippen molar-refractivity contribution in [3.8, 4) is 11.5 Å². The third-order valence-corrected chi connectivity index (χ3v) is 6.91. The number of nitrogens with one attached hydrogen (secondary N) is 1. The number of fused-ring (bicyclic) bond motifs is 1. The van der Waals surface area contributed by atoms with Gasteiger partial charge in [0.2, 0.25) is 0 Å². The Kier molecular flexibility index (Phi) is 5.79. The Morgan fingerprint density at radius 1 is 0.971 bits per heavy atom. The van der Waals surface area contributed by atoms with Crippen LogP contribution in [0.4, 0.5) is 4.39 Å². The van der Waals surface area contributed by atoms with Gasteiger partial charge in [0.05, 0.1) is 18.8 Å². The van der Waals surface area contributed by atoms with Crippen LogP contribution in [-0.2, 0) is 17.8 Å². The highest BCUT2D eigenvalue weighted by Crippen LogP contribution is 2.32. The molecule has 0 aliphatic carbocycles. The molecule has 0 amide bonds. The molecule has 3 aromatic rings.